The van der Waals surface area contributed by atoms with Crippen molar-refractivity contribution in [3.05, 3.63) is 47.3 Å². The van der Waals surface area contributed by atoms with Crippen LogP contribution in [0.1, 0.15) is 60.0 Å². The van der Waals surface area contributed by atoms with E-state index in [9.17, 15) is 9.18 Å². The lowest BCUT2D eigenvalue weighted by Gasteiger charge is -2.32. The van der Waals surface area contributed by atoms with Crippen LogP contribution in [-0.4, -0.2) is 56.7 Å². The van der Waals surface area contributed by atoms with Gasteiger partial charge in [-0.05, 0) is 57.0 Å². The van der Waals surface area contributed by atoms with Crippen LogP contribution in [0.2, 0.25) is 0 Å². The molecule has 2 aliphatic rings. The maximum absolute atomic E-state index is 13.5. The summed E-state index contributed by atoms with van der Waals surface area (Å²) >= 11 is 0. The van der Waals surface area contributed by atoms with Crippen LogP contribution in [0.25, 0.3) is 0 Å². The van der Waals surface area contributed by atoms with Crippen LogP contribution < -0.4 is 0 Å². The van der Waals surface area contributed by atoms with Gasteiger partial charge in [0, 0.05) is 31.6 Å². The number of nitrogens with zero attached hydrogens (tertiary/aromatic N) is 5. The fourth-order valence-electron chi connectivity index (χ4n) is 4.36. The third-order valence-electron chi connectivity index (χ3n) is 5.96. The topological polar surface area (TPSA) is 54.3 Å². The smallest absolute Gasteiger partial charge is 0.253 e. The average molecular weight is 385 g/mol. The molecule has 0 N–H and O–H groups in total. The van der Waals surface area contributed by atoms with Crippen LogP contribution in [0.4, 0.5) is 4.39 Å². The number of halogens is 1. The van der Waals surface area contributed by atoms with E-state index in [4.69, 9.17) is 0 Å². The summed E-state index contributed by atoms with van der Waals surface area (Å²) < 4.78 is 15.6. The number of hydrogen-bond acceptors (Lipinski definition) is 4. The number of piperidine rings is 2. The molecule has 2 aliphatic heterocycles. The molecule has 4 rings (SSSR count). The monoisotopic (exact) mass is 385 g/mol. The van der Waals surface area contributed by atoms with E-state index >= 15 is 0 Å². The van der Waals surface area contributed by atoms with Gasteiger partial charge >= 0.3 is 0 Å². The molecule has 3 heterocycles. The molecule has 150 valence electrons. The Balaban J connectivity index is 1.45. The lowest BCUT2D eigenvalue weighted by atomic mass is 9.96. The highest BCUT2D eigenvalue weighted by Crippen LogP contribution is 2.27. The number of rotatable bonds is 4. The number of likely N-dealkylation sites (tertiary alicyclic amines) is 2. The van der Waals surface area contributed by atoms with Gasteiger partial charge in [-0.2, -0.15) is 0 Å². The van der Waals surface area contributed by atoms with Gasteiger partial charge in [-0.3, -0.25) is 9.69 Å². The van der Waals surface area contributed by atoms with Crippen LogP contribution in [0, 0.1) is 5.82 Å². The van der Waals surface area contributed by atoms with Crippen LogP contribution >= 0.6 is 0 Å². The van der Waals surface area contributed by atoms with Crippen LogP contribution in [-0.2, 0) is 13.6 Å². The van der Waals surface area contributed by atoms with Gasteiger partial charge in [-0.25, -0.2) is 4.39 Å². The van der Waals surface area contributed by atoms with E-state index in [2.05, 4.69) is 19.7 Å². The first-order valence-electron chi connectivity index (χ1n) is 10.3. The Hall–Kier alpha value is -2.28. The lowest BCUT2D eigenvalue weighted by Crippen LogP contribution is -2.39. The van der Waals surface area contributed by atoms with Crippen molar-refractivity contribution in [2.75, 3.05) is 26.2 Å². The summed E-state index contributed by atoms with van der Waals surface area (Å²) in [5.74, 6) is 1.61. The molecular formula is C21H28FN5O. The standard InChI is InChI=1S/C21H28FN5O/c1-25-19(15-26-10-3-2-4-11-26)23-24-20(25)17-8-6-12-27(14-17)21(28)16-7-5-9-18(22)13-16/h5,7,9,13,17H,2-4,6,8,10-12,14-15H2,1H3/t17-/m0/s1. The van der Waals surface area contributed by atoms with Crippen molar-refractivity contribution >= 4 is 5.91 Å². The first-order chi connectivity index (χ1) is 13.6. The van der Waals surface area contributed by atoms with Crippen molar-refractivity contribution in [3.63, 3.8) is 0 Å². The molecule has 0 bridgehead atoms. The molecule has 1 atom stereocenters. The zero-order valence-corrected chi connectivity index (χ0v) is 16.5. The predicted octanol–water partition coefficient (Wildman–Crippen LogP) is 2.96. The fourth-order valence-corrected chi connectivity index (χ4v) is 4.36. The van der Waals surface area contributed by atoms with Gasteiger partial charge < -0.3 is 9.47 Å². The van der Waals surface area contributed by atoms with Gasteiger partial charge in [-0.15, -0.1) is 10.2 Å². The minimum atomic E-state index is -0.380. The van der Waals surface area contributed by atoms with Gasteiger partial charge in [0.15, 0.2) is 0 Å². The lowest BCUT2D eigenvalue weighted by molar-refractivity contribution is 0.0703. The summed E-state index contributed by atoms with van der Waals surface area (Å²) in [6.45, 7) is 4.39. The Morgan fingerprint density at radius 1 is 1.14 bits per heavy atom. The Morgan fingerprint density at radius 3 is 2.75 bits per heavy atom. The molecule has 2 saturated heterocycles. The fraction of sp³-hybridized carbons (Fsp3) is 0.571. The Labute approximate surface area is 165 Å². The van der Waals surface area contributed by atoms with E-state index in [1.807, 2.05) is 11.9 Å². The molecule has 2 fully saturated rings. The molecule has 1 aromatic heterocycles. The maximum atomic E-state index is 13.5. The predicted molar refractivity (Wildman–Crippen MR) is 104 cm³/mol. The van der Waals surface area contributed by atoms with E-state index in [0.29, 0.717) is 18.7 Å². The summed E-state index contributed by atoms with van der Waals surface area (Å²) in [7, 11) is 2.03. The summed E-state index contributed by atoms with van der Waals surface area (Å²) in [5, 5.41) is 8.92. The number of amides is 1. The van der Waals surface area contributed by atoms with Crippen molar-refractivity contribution in [1.82, 2.24) is 24.6 Å². The van der Waals surface area contributed by atoms with Crippen LogP contribution in [0.5, 0.6) is 0 Å². The number of carbonyl (C=O) groups excluding carboxylic acids is 1. The summed E-state index contributed by atoms with van der Waals surface area (Å²) in [6.07, 6.45) is 5.73. The van der Waals surface area contributed by atoms with Crippen LogP contribution in [0.15, 0.2) is 24.3 Å². The zero-order chi connectivity index (χ0) is 19.5. The summed E-state index contributed by atoms with van der Waals surface area (Å²) in [4.78, 5) is 17.1. The van der Waals surface area contributed by atoms with E-state index in [-0.39, 0.29) is 17.6 Å². The number of aromatic nitrogens is 3. The molecular weight excluding hydrogens is 357 g/mol. The van der Waals surface area contributed by atoms with Gasteiger partial charge in [0.05, 0.1) is 6.54 Å². The Bertz CT molecular complexity index is 830. The van der Waals surface area contributed by atoms with Crippen molar-refractivity contribution in [2.45, 2.75) is 44.6 Å². The van der Waals surface area contributed by atoms with E-state index in [1.165, 1.54) is 31.4 Å². The molecule has 0 unspecified atom stereocenters. The Kier molecular flexibility index (Phi) is 5.71. The largest absolute Gasteiger partial charge is 0.338 e. The van der Waals surface area contributed by atoms with Gasteiger partial charge in [0.1, 0.15) is 17.5 Å². The first kappa shape index (κ1) is 19.1. The number of benzene rings is 1. The second kappa shape index (κ2) is 8.39. The van der Waals surface area contributed by atoms with E-state index in [1.54, 1.807) is 12.1 Å². The number of carbonyl (C=O) groups is 1. The zero-order valence-electron chi connectivity index (χ0n) is 16.5. The highest BCUT2D eigenvalue weighted by atomic mass is 19.1. The van der Waals surface area contributed by atoms with E-state index < -0.39 is 0 Å². The third-order valence-corrected chi connectivity index (χ3v) is 5.96. The molecule has 7 heteroatoms. The number of hydrogen-bond donors (Lipinski definition) is 0. The molecule has 0 saturated carbocycles. The Morgan fingerprint density at radius 2 is 1.96 bits per heavy atom. The second-order valence-corrected chi connectivity index (χ2v) is 7.97. The molecule has 1 amide bonds. The molecule has 28 heavy (non-hydrogen) atoms. The average Bonchev–Trinajstić information content (AvgIpc) is 3.08. The third kappa shape index (κ3) is 4.09. The van der Waals surface area contributed by atoms with Crippen molar-refractivity contribution in [3.8, 4) is 0 Å². The first-order valence-corrected chi connectivity index (χ1v) is 10.3. The molecule has 6 nitrogen and oxygen atoms in total. The minimum Gasteiger partial charge on any atom is -0.338 e. The highest BCUT2D eigenvalue weighted by molar-refractivity contribution is 5.94. The van der Waals surface area contributed by atoms with Gasteiger partial charge in [-0.1, -0.05) is 12.5 Å². The molecule has 2 aromatic rings. The molecule has 0 aliphatic carbocycles. The van der Waals surface area contributed by atoms with E-state index in [0.717, 1.165) is 44.1 Å². The normalized spacial score (nSPS) is 21.1. The molecule has 1 aromatic carbocycles. The molecule has 0 radical (unpaired) electrons. The van der Waals surface area contributed by atoms with Crippen molar-refractivity contribution in [1.29, 1.82) is 0 Å². The minimum absolute atomic E-state index is 0.111. The van der Waals surface area contributed by atoms with Gasteiger partial charge in [0.25, 0.3) is 5.91 Å². The van der Waals surface area contributed by atoms with Gasteiger partial charge in [0.2, 0.25) is 0 Å². The highest BCUT2D eigenvalue weighted by Gasteiger charge is 2.29. The summed E-state index contributed by atoms with van der Waals surface area (Å²) in [5.41, 5.74) is 0.407. The van der Waals surface area contributed by atoms with Crippen LogP contribution in [0.3, 0.4) is 0 Å². The second-order valence-electron chi connectivity index (χ2n) is 7.97. The maximum Gasteiger partial charge on any atom is 0.253 e. The van der Waals surface area contributed by atoms with Crippen molar-refractivity contribution < 1.29 is 9.18 Å². The molecule has 0 spiro atoms. The van der Waals surface area contributed by atoms with Crippen molar-refractivity contribution in [2.24, 2.45) is 7.05 Å². The quantitative estimate of drug-likeness (QED) is 0.812. The SMILES string of the molecule is Cn1c(CN2CCCCC2)nnc1[C@H]1CCCN(C(=O)c2cccc(F)c2)C1. The summed E-state index contributed by atoms with van der Waals surface area (Å²) in [6, 6.07) is 5.93.